The summed E-state index contributed by atoms with van der Waals surface area (Å²) in [6.45, 7) is 13.1. The predicted molar refractivity (Wildman–Crippen MR) is 78.5 cm³/mol. The van der Waals surface area contributed by atoms with Crippen LogP contribution in [0.5, 0.6) is 0 Å². The van der Waals surface area contributed by atoms with Gasteiger partial charge >= 0.3 is 0 Å². The Morgan fingerprint density at radius 3 is 2.44 bits per heavy atom. The first kappa shape index (κ1) is 14.3. The van der Waals surface area contributed by atoms with Gasteiger partial charge < -0.3 is 5.73 Å². The van der Waals surface area contributed by atoms with Crippen molar-refractivity contribution in [2.45, 2.75) is 59.4 Å². The van der Waals surface area contributed by atoms with E-state index in [4.69, 9.17) is 5.73 Å². The maximum absolute atomic E-state index is 6.00. The van der Waals surface area contributed by atoms with Crippen LogP contribution in [-0.4, -0.2) is 30.6 Å². The van der Waals surface area contributed by atoms with Crippen molar-refractivity contribution in [3.05, 3.63) is 0 Å². The van der Waals surface area contributed by atoms with Gasteiger partial charge in [0.05, 0.1) is 0 Å². The van der Waals surface area contributed by atoms with Gasteiger partial charge in [-0.25, -0.2) is 0 Å². The van der Waals surface area contributed by atoms with Crippen molar-refractivity contribution >= 4 is 0 Å². The fraction of sp³-hybridized carbons (Fsp3) is 1.00. The van der Waals surface area contributed by atoms with E-state index in [9.17, 15) is 0 Å². The summed E-state index contributed by atoms with van der Waals surface area (Å²) in [6.07, 6.45) is 5.48. The highest BCUT2D eigenvalue weighted by Crippen LogP contribution is 2.38. The lowest BCUT2D eigenvalue weighted by Gasteiger charge is -2.40. The molecule has 2 heteroatoms. The van der Waals surface area contributed by atoms with Gasteiger partial charge in [0, 0.05) is 12.6 Å². The lowest BCUT2D eigenvalue weighted by atomic mass is 9.78. The van der Waals surface area contributed by atoms with Crippen molar-refractivity contribution < 1.29 is 0 Å². The largest absolute Gasteiger partial charge is 0.330 e. The highest BCUT2D eigenvalue weighted by molar-refractivity contribution is 4.92. The summed E-state index contributed by atoms with van der Waals surface area (Å²) in [6, 6.07) is 0.770. The Bertz CT molecular complexity index is 269. The van der Waals surface area contributed by atoms with Crippen LogP contribution in [0.4, 0.5) is 0 Å². The summed E-state index contributed by atoms with van der Waals surface area (Å²) in [4.78, 5) is 2.77. The first-order chi connectivity index (χ1) is 8.41. The topological polar surface area (TPSA) is 29.3 Å². The predicted octanol–water partition coefficient (Wildman–Crippen LogP) is 3.12. The second kappa shape index (κ2) is 5.50. The third kappa shape index (κ3) is 3.08. The molecule has 2 aliphatic rings. The molecule has 2 fully saturated rings. The van der Waals surface area contributed by atoms with Gasteiger partial charge in [-0.3, -0.25) is 4.90 Å². The van der Waals surface area contributed by atoms with E-state index in [0.717, 1.165) is 30.3 Å². The van der Waals surface area contributed by atoms with Gasteiger partial charge in [-0.05, 0) is 55.5 Å². The Kier molecular flexibility index (Phi) is 4.38. The Balaban J connectivity index is 1.98. The number of hydrogen-bond acceptors (Lipinski definition) is 2. The minimum Gasteiger partial charge on any atom is -0.330 e. The van der Waals surface area contributed by atoms with Crippen LogP contribution in [0.3, 0.4) is 0 Å². The summed E-state index contributed by atoms with van der Waals surface area (Å²) in [5.74, 6) is 2.51. The lowest BCUT2D eigenvalue weighted by Crippen LogP contribution is -2.46. The average molecular weight is 252 g/mol. The molecule has 0 aromatic heterocycles. The summed E-state index contributed by atoms with van der Waals surface area (Å²) in [5.41, 5.74) is 6.47. The molecule has 1 aliphatic heterocycles. The summed E-state index contributed by atoms with van der Waals surface area (Å²) >= 11 is 0. The summed E-state index contributed by atoms with van der Waals surface area (Å²) in [5, 5.41) is 0. The zero-order valence-corrected chi connectivity index (χ0v) is 12.8. The van der Waals surface area contributed by atoms with Gasteiger partial charge in [0.1, 0.15) is 0 Å². The molecule has 0 aromatic carbocycles. The fourth-order valence-electron chi connectivity index (χ4n) is 3.93. The van der Waals surface area contributed by atoms with Crippen LogP contribution in [0.2, 0.25) is 0 Å². The molecule has 2 nitrogen and oxygen atoms in total. The maximum Gasteiger partial charge on any atom is 0.0138 e. The molecule has 2 rings (SSSR count). The Hall–Kier alpha value is -0.0800. The molecule has 1 saturated heterocycles. The third-order valence-corrected chi connectivity index (χ3v) is 5.43. The number of nitrogens with two attached hydrogens (primary N) is 1. The second-order valence-electron chi connectivity index (χ2n) is 7.83. The zero-order chi connectivity index (χ0) is 13.3. The molecule has 106 valence electrons. The van der Waals surface area contributed by atoms with Gasteiger partial charge in [0.15, 0.2) is 0 Å². The monoisotopic (exact) mass is 252 g/mol. The third-order valence-electron chi connectivity index (χ3n) is 5.43. The van der Waals surface area contributed by atoms with Gasteiger partial charge in [0.25, 0.3) is 0 Å². The van der Waals surface area contributed by atoms with Crippen molar-refractivity contribution in [1.29, 1.82) is 0 Å². The zero-order valence-electron chi connectivity index (χ0n) is 12.8. The highest BCUT2D eigenvalue weighted by atomic mass is 15.2. The van der Waals surface area contributed by atoms with Crippen LogP contribution in [0, 0.1) is 23.2 Å². The van der Waals surface area contributed by atoms with E-state index in [0.29, 0.717) is 5.41 Å². The molecular weight excluding hydrogens is 220 g/mol. The first-order valence-electron chi connectivity index (χ1n) is 7.86. The maximum atomic E-state index is 6.00. The number of rotatable bonds is 2. The summed E-state index contributed by atoms with van der Waals surface area (Å²) in [7, 11) is 0. The second-order valence-corrected chi connectivity index (χ2v) is 7.83. The summed E-state index contributed by atoms with van der Waals surface area (Å²) < 4.78 is 0. The molecule has 0 aromatic rings. The van der Waals surface area contributed by atoms with Gasteiger partial charge in [-0.2, -0.15) is 0 Å². The van der Waals surface area contributed by atoms with Crippen LogP contribution in [0.1, 0.15) is 53.4 Å². The normalized spacial score (nSPS) is 39.2. The Morgan fingerprint density at radius 1 is 1.17 bits per heavy atom. The van der Waals surface area contributed by atoms with Crippen LogP contribution in [-0.2, 0) is 0 Å². The molecule has 4 atom stereocenters. The van der Waals surface area contributed by atoms with Crippen LogP contribution in [0.25, 0.3) is 0 Å². The number of hydrogen-bond donors (Lipinski definition) is 1. The molecule has 4 unspecified atom stereocenters. The van der Waals surface area contributed by atoms with E-state index in [2.05, 4.69) is 32.6 Å². The van der Waals surface area contributed by atoms with Crippen LogP contribution in [0.15, 0.2) is 0 Å². The number of nitrogens with zero attached hydrogens (tertiary/aromatic N) is 1. The molecule has 0 amide bonds. The van der Waals surface area contributed by atoms with Crippen LogP contribution >= 0.6 is 0 Å². The van der Waals surface area contributed by atoms with E-state index >= 15 is 0 Å². The van der Waals surface area contributed by atoms with E-state index in [-0.39, 0.29) is 0 Å². The highest BCUT2D eigenvalue weighted by Gasteiger charge is 2.38. The fourth-order valence-corrected chi connectivity index (χ4v) is 3.93. The number of likely N-dealkylation sites (tertiary alicyclic amines) is 1. The van der Waals surface area contributed by atoms with Gasteiger partial charge in [-0.1, -0.05) is 34.1 Å². The van der Waals surface area contributed by atoms with Crippen LogP contribution < -0.4 is 5.73 Å². The van der Waals surface area contributed by atoms with E-state index in [1.165, 1.54) is 38.8 Å². The van der Waals surface area contributed by atoms with E-state index < -0.39 is 0 Å². The van der Waals surface area contributed by atoms with Crippen molar-refractivity contribution in [1.82, 2.24) is 4.90 Å². The quantitative estimate of drug-likeness (QED) is 0.818. The molecule has 0 radical (unpaired) electrons. The first-order valence-corrected chi connectivity index (χ1v) is 7.86. The molecule has 1 aliphatic carbocycles. The average Bonchev–Trinajstić information content (AvgIpc) is 2.77. The molecule has 0 bridgehead atoms. The molecule has 2 N–H and O–H groups in total. The van der Waals surface area contributed by atoms with Gasteiger partial charge in [-0.15, -0.1) is 0 Å². The van der Waals surface area contributed by atoms with Crippen molar-refractivity contribution in [3.8, 4) is 0 Å². The van der Waals surface area contributed by atoms with Gasteiger partial charge in [0.2, 0.25) is 0 Å². The molecule has 1 saturated carbocycles. The molecule has 18 heavy (non-hydrogen) atoms. The minimum atomic E-state index is 0.466. The van der Waals surface area contributed by atoms with Crippen molar-refractivity contribution in [2.24, 2.45) is 28.9 Å². The Labute approximate surface area is 113 Å². The molecular formula is C16H32N2. The molecule has 1 heterocycles. The standard InChI is InChI=1S/C16H32N2/c1-12-5-6-13(10-17)15(9-12)18-8-7-14(11-18)16(2,3)4/h12-15H,5-11,17H2,1-4H3. The van der Waals surface area contributed by atoms with E-state index in [1.54, 1.807) is 0 Å². The Morgan fingerprint density at radius 2 is 1.89 bits per heavy atom. The van der Waals surface area contributed by atoms with Crippen molar-refractivity contribution in [3.63, 3.8) is 0 Å². The molecule has 0 spiro atoms. The smallest absolute Gasteiger partial charge is 0.0138 e. The van der Waals surface area contributed by atoms with Crippen molar-refractivity contribution in [2.75, 3.05) is 19.6 Å². The van der Waals surface area contributed by atoms with E-state index in [1.807, 2.05) is 0 Å². The minimum absolute atomic E-state index is 0.466. The lowest BCUT2D eigenvalue weighted by molar-refractivity contribution is 0.0962. The SMILES string of the molecule is CC1CCC(CN)C(N2CCC(C(C)(C)C)C2)C1.